The van der Waals surface area contributed by atoms with Gasteiger partial charge in [-0.1, -0.05) is 15.9 Å². The fourth-order valence-electron chi connectivity index (χ4n) is 1.50. The van der Waals surface area contributed by atoms with Crippen molar-refractivity contribution in [3.05, 3.63) is 27.7 Å². The van der Waals surface area contributed by atoms with E-state index in [4.69, 9.17) is 10.5 Å². The first-order valence-corrected chi connectivity index (χ1v) is 5.74. The van der Waals surface area contributed by atoms with E-state index in [0.29, 0.717) is 0 Å². The van der Waals surface area contributed by atoms with E-state index >= 15 is 0 Å². The molecule has 2 N–H and O–H groups in total. The monoisotopic (exact) mass is 271 g/mol. The molecule has 0 heterocycles. The highest BCUT2D eigenvalue weighted by atomic mass is 79.9. The van der Waals surface area contributed by atoms with Gasteiger partial charge in [0.1, 0.15) is 5.75 Å². The maximum Gasteiger partial charge on any atom is 0.120 e. The number of nitrogens with two attached hydrogens (primary N) is 1. The van der Waals surface area contributed by atoms with Gasteiger partial charge in [-0.2, -0.15) is 0 Å². The summed E-state index contributed by atoms with van der Waals surface area (Å²) in [6.07, 6.45) is 0.842. The summed E-state index contributed by atoms with van der Waals surface area (Å²) in [5, 5.41) is 0. The Morgan fingerprint density at radius 1 is 1.40 bits per heavy atom. The van der Waals surface area contributed by atoms with Crippen molar-refractivity contribution >= 4 is 15.9 Å². The van der Waals surface area contributed by atoms with E-state index in [9.17, 15) is 0 Å². The van der Waals surface area contributed by atoms with Crippen LogP contribution in [0.4, 0.5) is 0 Å². The molecule has 0 aliphatic carbocycles. The van der Waals surface area contributed by atoms with Crippen LogP contribution in [0.25, 0.3) is 0 Å². The Balaban J connectivity index is 3.11. The summed E-state index contributed by atoms with van der Waals surface area (Å²) in [6.45, 7) is 6.14. The van der Waals surface area contributed by atoms with Gasteiger partial charge in [0.2, 0.25) is 0 Å². The summed E-state index contributed by atoms with van der Waals surface area (Å²) >= 11 is 3.52. The van der Waals surface area contributed by atoms with Crippen LogP contribution in [-0.4, -0.2) is 12.6 Å². The number of benzene rings is 1. The van der Waals surface area contributed by atoms with E-state index in [1.807, 2.05) is 19.9 Å². The number of hydrogen-bond donors (Lipinski definition) is 1. The second kappa shape index (κ2) is 4.54. The minimum Gasteiger partial charge on any atom is -0.497 e. The van der Waals surface area contributed by atoms with Crippen LogP contribution in [0.3, 0.4) is 0 Å². The summed E-state index contributed by atoms with van der Waals surface area (Å²) in [5.41, 5.74) is 8.29. The maximum atomic E-state index is 6.02. The van der Waals surface area contributed by atoms with Crippen molar-refractivity contribution in [2.24, 2.45) is 5.73 Å². The molecule has 0 unspecified atom stereocenters. The van der Waals surface area contributed by atoms with Gasteiger partial charge in [-0.05, 0) is 50.5 Å². The summed E-state index contributed by atoms with van der Waals surface area (Å²) < 4.78 is 6.30. The molecule has 0 spiro atoms. The molecule has 2 nitrogen and oxygen atoms in total. The molecular weight excluding hydrogens is 254 g/mol. The van der Waals surface area contributed by atoms with E-state index < -0.39 is 0 Å². The molecule has 0 radical (unpaired) electrons. The molecule has 1 rings (SSSR count). The Morgan fingerprint density at radius 2 is 2.00 bits per heavy atom. The van der Waals surface area contributed by atoms with Crippen molar-refractivity contribution in [2.75, 3.05) is 7.11 Å². The lowest BCUT2D eigenvalue weighted by Crippen LogP contribution is -2.34. The van der Waals surface area contributed by atoms with E-state index in [1.165, 1.54) is 11.1 Å². The molecule has 0 aliphatic rings. The third-order valence-corrected chi connectivity index (χ3v) is 3.13. The second-order valence-electron chi connectivity index (χ2n) is 4.56. The van der Waals surface area contributed by atoms with Crippen LogP contribution in [0, 0.1) is 6.92 Å². The molecule has 0 bridgehead atoms. The van der Waals surface area contributed by atoms with Gasteiger partial charge in [-0.15, -0.1) is 0 Å². The van der Waals surface area contributed by atoms with Crippen LogP contribution >= 0.6 is 15.9 Å². The Kier molecular flexibility index (Phi) is 3.79. The van der Waals surface area contributed by atoms with E-state index in [-0.39, 0.29) is 5.54 Å². The minimum absolute atomic E-state index is 0.198. The van der Waals surface area contributed by atoms with Gasteiger partial charge in [0.05, 0.1) is 7.11 Å². The van der Waals surface area contributed by atoms with Crippen LogP contribution in [0.15, 0.2) is 16.6 Å². The van der Waals surface area contributed by atoms with Gasteiger partial charge >= 0.3 is 0 Å². The van der Waals surface area contributed by atoms with Gasteiger partial charge in [-0.25, -0.2) is 0 Å². The Hall–Kier alpha value is -0.540. The van der Waals surface area contributed by atoms with E-state index in [0.717, 1.165) is 16.6 Å². The van der Waals surface area contributed by atoms with Gasteiger partial charge in [-0.3, -0.25) is 0 Å². The molecule has 0 aromatic heterocycles. The third-order valence-electron chi connectivity index (χ3n) is 2.31. The fourth-order valence-corrected chi connectivity index (χ4v) is 1.98. The minimum atomic E-state index is -0.198. The highest BCUT2D eigenvalue weighted by Crippen LogP contribution is 2.28. The normalized spacial score (nSPS) is 11.6. The van der Waals surface area contributed by atoms with Crippen molar-refractivity contribution in [3.63, 3.8) is 0 Å². The van der Waals surface area contributed by atoms with E-state index in [1.54, 1.807) is 7.11 Å². The molecule has 0 amide bonds. The number of rotatable bonds is 3. The Morgan fingerprint density at radius 3 is 2.47 bits per heavy atom. The summed E-state index contributed by atoms with van der Waals surface area (Å²) in [5.74, 6) is 0.867. The largest absolute Gasteiger partial charge is 0.497 e. The Labute approximate surface area is 99.9 Å². The average Bonchev–Trinajstić information content (AvgIpc) is 2.10. The summed E-state index contributed by atoms with van der Waals surface area (Å²) in [6, 6.07) is 4.02. The molecule has 3 heteroatoms. The lowest BCUT2D eigenvalue weighted by atomic mass is 9.93. The number of hydrogen-bond acceptors (Lipinski definition) is 2. The highest BCUT2D eigenvalue weighted by Gasteiger charge is 2.15. The molecule has 0 aliphatic heterocycles. The zero-order valence-corrected chi connectivity index (χ0v) is 11.3. The molecule has 0 saturated carbocycles. The molecule has 1 aromatic rings. The quantitative estimate of drug-likeness (QED) is 0.917. The first-order valence-electron chi connectivity index (χ1n) is 4.95. The molecule has 84 valence electrons. The average molecular weight is 272 g/mol. The van der Waals surface area contributed by atoms with Gasteiger partial charge in [0.15, 0.2) is 0 Å². The molecule has 0 atom stereocenters. The molecule has 0 fully saturated rings. The van der Waals surface area contributed by atoms with E-state index in [2.05, 4.69) is 28.9 Å². The van der Waals surface area contributed by atoms with Gasteiger partial charge < -0.3 is 10.5 Å². The van der Waals surface area contributed by atoms with Crippen LogP contribution in [-0.2, 0) is 6.42 Å². The van der Waals surface area contributed by atoms with Crippen molar-refractivity contribution < 1.29 is 4.74 Å². The van der Waals surface area contributed by atoms with Crippen LogP contribution in [0.2, 0.25) is 0 Å². The summed E-state index contributed by atoms with van der Waals surface area (Å²) in [7, 11) is 1.68. The van der Waals surface area contributed by atoms with Crippen molar-refractivity contribution in [2.45, 2.75) is 32.7 Å². The fraction of sp³-hybridized carbons (Fsp3) is 0.500. The lowest BCUT2D eigenvalue weighted by Gasteiger charge is -2.20. The van der Waals surface area contributed by atoms with Crippen LogP contribution in [0.5, 0.6) is 5.75 Å². The molecule has 1 aromatic carbocycles. The van der Waals surface area contributed by atoms with Crippen LogP contribution < -0.4 is 10.5 Å². The number of ether oxygens (including phenoxy) is 1. The molecule has 0 saturated heterocycles. The maximum absolute atomic E-state index is 6.02. The topological polar surface area (TPSA) is 35.2 Å². The second-order valence-corrected chi connectivity index (χ2v) is 5.41. The number of halogens is 1. The van der Waals surface area contributed by atoms with Gasteiger partial charge in [0.25, 0.3) is 0 Å². The molecule has 15 heavy (non-hydrogen) atoms. The van der Waals surface area contributed by atoms with Crippen molar-refractivity contribution in [1.29, 1.82) is 0 Å². The lowest BCUT2D eigenvalue weighted by molar-refractivity contribution is 0.413. The van der Waals surface area contributed by atoms with Crippen LogP contribution in [0.1, 0.15) is 25.0 Å². The highest BCUT2D eigenvalue weighted by molar-refractivity contribution is 9.10. The number of methoxy groups -OCH3 is 1. The third kappa shape index (κ3) is 3.50. The van der Waals surface area contributed by atoms with Crippen molar-refractivity contribution in [1.82, 2.24) is 0 Å². The first kappa shape index (κ1) is 12.5. The van der Waals surface area contributed by atoms with Crippen molar-refractivity contribution in [3.8, 4) is 5.75 Å². The molecular formula is C12H18BrNO. The first-order chi connectivity index (χ1) is 6.83. The predicted molar refractivity (Wildman–Crippen MR) is 67.4 cm³/mol. The zero-order valence-electron chi connectivity index (χ0n) is 9.73. The standard InChI is InChI=1S/C12H18BrNO/c1-8-9(7-12(2,3)14)5-10(15-4)6-11(8)13/h5-6H,7,14H2,1-4H3. The van der Waals surface area contributed by atoms with Gasteiger partial charge in [0, 0.05) is 10.0 Å². The SMILES string of the molecule is COc1cc(Br)c(C)c(CC(C)(C)N)c1. The smallest absolute Gasteiger partial charge is 0.120 e. The Bertz CT molecular complexity index is 355. The summed E-state index contributed by atoms with van der Waals surface area (Å²) in [4.78, 5) is 0. The predicted octanol–water partition coefficient (Wildman–Crippen LogP) is 3.05. The zero-order chi connectivity index (χ0) is 11.6.